The Kier molecular flexibility index (Phi) is 4.33. The Bertz CT molecular complexity index is 841. The van der Waals surface area contributed by atoms with E-state index in [9.17, 15) is 14.4 Å². The van der Waals surface area contributed by atoms with Crippen LogP contribution in [0.5, 0.6) is 0 Å². The summed E-state index contributed by atoms with van der Waals surface area (Å²) in [5, 5.41) is 0. The van der Waals surface area contributed by atoms with Crippen LogP contribution >= 0.6 is 0 Å². The zero-order chi connectivity index (χ0) is 19.3. The molecule has 9 heteroatoms. The first kappa shape index (κ1) is 18.1. The molecule has 2 aliphatic heterocycles. The first-order chi connectivity index (χ1) is 12.2. The molecule has 1 saturated heterocycles. The third-order valence-electron chi connectivity index (χ3n) is 5.30. The summed E-state index contributed by atoms with van der Waals surface area (Å²) in [5.74, 6) is -0.0716. The number of aromatic nitrogens is 2. The lowest BCUT2D eigenvalue weighted by molar-refractivity contribution is -0.683. The molecule has 0 bridgehead atoms. The highest BCUT2D eigenvalue weighted by atomic mass is 16.5. The number of imidazole rings is 1. The molecule has 1 aromatic heterocycles. The van der Waals surface area contributed by atoms with Gasteiger partial charge in [-0.05, 0) is 27.2 Å². The first-order valence-corrected chi connectivity index (χ1v) is 8.61. The standard InChI is InChI=1S/C17H24N5O4/c1-7-9(2)21-10(3)11(4)22-13-14(18-16(21)22)19(5)17(25)20(15(13)24)8-12(23)26-6/h9,13H,7-8H2,1-6H3/q+1. The van der Waals surface area contributed by atoms with E-state index in [2.05, 4.69) is 28.1 Å². The molecule has 2 aliphatic rings. The number of imide groups is 1. The summed E-state index contributed by atoms with van der Waals surface area (Å²) in [7, 11) is 2.78. The normalized spacial score (nSPS) is 20.1. The number of rotatable bonds is 4. The maximum Gasteiger partial charge on any atom is 0.402 e. The van der Waals surface area contributed by atoms with Gasteiger partial charge in [-0.3, -0.25) is 14.5 Å². The number of amidine groups is 1. The van der Waals surface area contributed by atoms with Crippen LogP contribution in [-0.2, 0) is 14.3 Å². The largest absolute Gasteiger partial charge is 0.468 e. The average Bonchev–Trinajstić information content (AvgIpc) is 3.12. The molecule has 1 fully saturated rings. The summed E-state index contributed by atoms with van der Waals surface area (Å²) in [4.78, 5) is 44.1. The van der Waals surface area contributed by atoms with Crippen molar-refractivity contribution in [2.24, 2.45) is 4.99 Å². The highest BCUT2D eigenvalue weighted by Crippen LogP contribution is 2.33. The Morgan fingerprint density at radius 2 is 2.00 bits per heavy atom. The number of carbonyl (C=O) groups is 3. The average molecular weight is 362 g/mol. The van der Waals surface area contributed by atoms with Crippen molar-refractivity contribution in [2.45, 2.75) is 46.2 Å². The Morgan fingerprint density at radius 3 is 2.58 bits per heavy atom. The summed E-state index contributed by atoms with van der Waals surface area (Å²) in [6, 6.07) is -1.12. The molecule has 2 unspecified atom stereocenters. The number of likely N-dealkylation sites (N-methyl/N-ethyl adjacent to an activating group) is 1. The van der Waals surface area contributed by atoms with E-state index in [0.29, 0.717) is 11.8 Å². The summed E-state index contributed by atoms with van der Waals surface area (Å²) >= 11 is 0. The van der Waals surface area contributed by atoms with Gasteiger partial charge in [0.15, 0.2) is 0 Å². The minimum atomic E-state index is -0.749. The molecule has 0 aliphatic carbocycles. The van der Waals surface area contributed by atoms with E-state index in [1.807, 2.05) is 18.4 Å². The number of urea groups is 1. The number of hydrogen-bond acceptors (Lipinski definition) is 5. The molecular weight excluding hydrogens is 338 g/mol. The number of methoxy groups -OCH3 is 1. The van der Waals surface area contributed by atoms with Gasteiger partial charge in [0.1, 0.15) is 17.9 Å². The number of fused-ring (bicyclic) bond motifs is 3. The van der Waals surface area contributed by atoms with E-state index >= 15 is 0 Å². The van der Waals surface area contributed by atoms with Crippen molar-refractivity contribution in [2.75, 3.05) is 20.7 Å². The molecule has 140 valence electrons. The predicted octanol–water partition coefficient (Wildman–Crippen LogP) is 1.02. The summed E-state index contributed by atoms with van der Waals surface area (Å²) in [6.45, 7) is 7.70. The predicted molar refractivity (Wildman–Crippen MR) is 92.1 cm³/mol. The molecule has 0 radical (unpaired) electrons. The SMILES string of the molecule is CCC(C)n1c(C)c(C)[n+]2c1N=C1C2C(=O)N(CC(=O)OC)C(=O)N1C. The maximum absolute atomic E-state index is 13.0. The molecule has 9 nitrogen and oxygen atoms in total. The summed E-state index contributed by atoms with van der Waals surface area (Å²) < 4.78 is 8.56. The van der Waals surface area contributed by atoms with E-state index in [1.165, 1.54) is 12.0 Å². The second-order valence-corrected chi connectivity index (χ2v) is 6.68. The van der Waals surface area contributed by atoms with Crippen molar-refractivity contribution in [3.05, 3.63) is 11.4 Å². The van der Waals surface area contributed by atoms with Gasteiger partial charge in [-0.25, -0.2) is 18.8 Å². The van der Waals surface area contributed by atoms with Crippen molar-refractivity contribution in [1.82, 2.24) is 14.4 Å². The van der Waals surface area contributed by atoms with E-state index in [4.69, 9.17) is 0 Å². The summed E-state index contributed by atoms with van der Waals surface area (Å²) in [6.07, 6.45) is 0.911. The van der Waals surface area contributed by atoms with Gasteiger partial charge in [-0.2, -0.15) is 0 Å². The number of esters is 1. The molecule has 0 N–H and O–H groups in total. The third-order valence-corrected chi connectivity index (χ3v) is 5.30. The Morgan fingerprint density at radius 1 is 1.35 bits per heavy atom. The molecule has 0 aromatic carbocycles. The van der Waals surface area contributed by atoms with Gasteiger partial charge in [0.25, 0.3) is 5.91 Å². The van der Waals surface area contributed by atoms with Gasteiger partial charge in [-0.15, -0.1) is 0 Å². The van der Waals surface area contributed by atoms with Crippen LogP contribution in [0.15, 0.2) is 4.99 Å². The fourth-order valence-corrected chi connectivity index (χ4v) is 3.51. The smallest absolute Gasteiger partial charge is 0.402 e. The van der Waals surface area contributed by atoms with Crippen LogP contribution in [0.3, 0.4) is 0 Å². The molecule has 1 aromatic rings. The quantitative estimate of drug-likeness (QED) is 0.591. The van der Waals surface area contributed by atoms with Gasteiger partial charge in [-0.1, -0.05) is 11.9 Å². The topological polar surface area (TPSA) is 88.1 Å². The van der Waals surface area contributed by atoms with Crippen LogP contribution < -0.4 is 4.57 Å². The van der Waals surface area contributed by atoms with Crippen LogP contribution in [0.25, 0.3) is 0 Å². The lowest BCUT2D eigenvalue weighted by Gasteiger charge is -2.32. The maximum atomic E-state index is 13.0. The lowest BCUT2D eigenvalue weighted by Crippen LogP contribution is -2.64. The lowest BCUT2D eigenvalue weighted by atomic mass is 10.1. The number of carbonyl (C=O) groups excluding carboxylic acids is 3. The fraction of sp³-hybridized carbons (Fsp3) is 0.588. The highest BCUT2D eigenvalue weighted by Gasteiger charge is 2.54. The zero-order valence-electron chi connectivity index (χ0n) is 15.9. The molecular formula is C17H24N5O4+. The van der Waals surface area contributed by atoms with Gasteiger partial charge < -0.3 is 4.74 Å². The molecule has 26 heavy (non-hydrogen) atoms. The fourth-order valence-electron chi connectivity index (χ4n) is 3.51. The van der Waals surface area contributed by atoms with Crippen molar-refractivity contribution < 1.29 is 23.7 Å². The third kappa shape index (κ3) is 2.33. The summed E-state index contributed by atoms with van der Waals surface area (Å²) in [5.41, 5.74) is 1.95. The van der Waals surface area contributed by atoms with Crippen molar-refractivity contribution in [3.8, 4) is 0 Å². The molecule has 2 atom stereocenters. The highest BCUT2D eigenvalue weighted by molar-refractivity contribution is 6.19. The van der Waals surface area contributed by atoms with Crippen LogP contribution in [0, 0.1) is 13.8 Å². The minimum Gasteiger partial charge on any atom is -0.468 e. The number of aliphatic imine (C=N–C) groups is 1. The van der Waals surface area contributed by atoms with Gasteiger partial charge >= 0.3 is 17.9 Å². The first-order valence-electron chi connectivity index (χ1n) is 8.61. The van der Waals surface area contributed by atoms with Crippen molar-refractivity contribution in [1.29, 1.82) is 0 Å². The molecule has 3 amide bonds. The number of nitrogens with zero attached hydrogens (tertiary/aromatic N) is 5. The van der Waals surface area contributed by atoms with Crippen molar-refractivity contribution >= 4 is 29.7 Å². The van der Waals surface area contributed by atoms with Gasteiger partial charge in [0, 0.05) is 7.05 Å². The van der Waals surface area contributed by atoms with Crippen LogP contribution in [0.1, 0.15) is 43.7 Å². The Labute approximate surface area is 151 Å². The van der Waals surface area contributed by atoms with E-state index < -0.39 is 30.5 Å². The molecule has 0 saturated carbocycles. The van der Waals surface area contributed by atoms with Crippen LogP contribution in [0.2, 0.25) is 0 Å². The van der Waals surface area contributed by atoms with Gasteiger partial charge in [0.05, 0.1) is 13.2 Å². The number of ether oxygens (including phenoxy) is 1. The monoisotopic (exact) mass is 362 g/mol. The zero-order valence-corrected chi connectivity index (χ0v) is 15.9. The van der Waals surface area contributed by atoms with Gasteiger partial charge in [0.2, 0.25) is 11.9 Å². The number of hydrogen-bond donors (Lipinski definition) is 0. The molecule has 3 heterocycles. The van der Waals surface area contributed by atoms with Crippen LogP contribution in [0.4, 0.5) is 10.7 Å². The molecule has 3 rings (SSSR count). The molecule has 0 spiro atoms. The van der Waals surface area contributed by atoms with Crippen LogP contribution in [-0.4, -0.2) is 58.8 Å². The van der Waals surface area contributed by atoms with Crippen molar-refractivity contribution in [3.63, 3.8) is 0 Å². The Balaban J connectivity index is 2.12. The second kappa shape index (κ2) is 6.22. The second-order valence-electron chi connectivity index (χ2n) is 6.68. The number of amides is 3. The van der Waals surface area contributed by atoms with E-state index in [1.54, 1.807) is 7.05 Å². The van der Waals surface area contributed by atoms with E-state index in [-0.39, 0.29) is 6.04 Å². The Hall–Kier alpha value is -2.71. The minimum absolute atomic E-state index is 0.205. The van der Waals surface area contributed by atoms with E-state index in [0.717, 1.165) is 22.7 Å².